The van der Waals surface area contributed by atoms with E-state index >= 15 is 0 Å². The minimum Gasteiger partial charge on any atom is -0.516 e. The zero-order chi connectivity index (χ0) is 8.97. The van der Waals surface area contributed by atoms with E-state index in [0.29, 0.717) is 12.2 Å². The molecule has 2 nitrogen and oxygen atoms in total. The van der Waals surface area contributed by atoms with Crippen molar-refractivity contribution in [1.29, 1.82) is 0 Å². The van der Waals surface area contributed by atoms with E-state index in [2.05, 4.69) is 0 Å². The van der Waals surface area contributed by atoms with Crippen molar-refractivity contribution >= 4 is 0 Å². The smallest absolute Gasteiger partial charge is 0.118 e. The van der Waals surface area contributed by atoms with Gasteiger partial charge < -0.3 is 10.2 Å². The molecule has 0 radical (unpaired) electrons. The lowest BCUT2D eigenvalue weighted by atomic mass is 10.1. The van der Waals surface area contributed by atoms with Crippen molar-refractivity contribution in [3.8, 4) is 5.75 Å². The first-order valence-corrected chi connectivity index (χ1v) is 3.82. The predicted molar refractivity (Wildman–Crippen MR) is 48.3 cm³/mol. The third-order valence-corrected chi connectivity index (χ3v) is 1.86. The van der Waals surface area contributed by atoms with Crippen molar-refractivity contribution in [2.45, 2.75) is 13.3 Å². The first-order chi connectivity index (χ1) is 5.75. The van der Waals surface area contributed by atoms with Gasteiger partial charge in [-0.2, -0.15) is 0 Å². The Morgan fingerprint density at radius 2 is 2.17 bits per heavy atom. The molecule has 1 aromatic rings. The van der Waals surface area contributed by atoms with Gasteiger partial charge in [-0.3, -0.25) is 0 Å². The van der Waals surface area contributed by atoms with Crippen molar-refractivity contribution < 1.29 is 10.2 Å². The molecular weight excluding hydrogens is 152 g/mol. The molecule has 0 aliphatic carbocycles. The fourth-order valence-corrected chi connectivity index (χ4v) is 1.07. The van der Waals surface area contributed by atoms with Gasteiger partial charge in [0.1, 0.15) is 5.75 Å². The molecule has 2 heteroatoms. The number of benzene rings is 1. The SMILES string of the molecule is Cc1c(O)cccc1CC=CO. The largest absolute Gasteiger partial charge is 0.516 e. The Balaban J connectivity index is 2.92. The third kappa shape index (κ3) is 1.78. The molecule has 0 atom stereocenters. The molecule has 0 saturated carbocycles. The molecule has 0 spiro atoms. The van der Waals surface area contributed by atoms with Crippen LogP contribution in [0.4, 0.5) is 0 Å². The van der Waals surface area contributed by atoms with E-state index < -0.39 is 0 Å². The van der Waals surface area contributed by atoms with Crippen molar-refractivity contribution in [2.24, 2.45) is 0 Å². The van der Waals surface area contributed by atoms with E-state index in [0.717, 1.165) is 17.4 Å². The number of hydrogen-bond donors (Lipinski definition) is 2. The van der Waals surface area contributed by atoms with E-state index in [1.807, 2.05) is 13.0 Å². The summed E-state index contributed by atoms with van der Waals surface area (Å²) in [6, 6.07) is 5.37. The number of allylic oxidation sites excluding steroid dienone is 1. The van der Waals surface area contributed by atoms with Crippen LogP contribution in [0.15, 0.2) is 30.5 Å². The minimum absolute atomic E-state index is 0.304. The zero-order valence-corrected chi connectivity index (χ0v) is 6.99. The molecule has 0 aliphatic rings. The summed E-state index contributed by atoms with van der Waals surface area (Å²) in [6.07, 6.45) is 3.31. The quantitative estimate of drug-likeness (QED) is 0.658. The standard InChI is InChI=1S/C10H12O2/c1-8-9(5-3-7-11)4-2-6-10(8)12/h2-4,6-7,11-12H,5H2,1H3. The van der Waals surface area contributed by atoms with Gasteiger partial charge in [0.05, 0.1) is 6.26 Å². The Hall–Kier alpha value is -1.44. The van der Waals surface area contributed by atoms with Gasteiger partial charge >= 0.3 is 0 Å². The van der Waals surface area contributed by atoms with Gasteiger partial charge in [-0.15, -0.1) is 0 Å². The Kier molecular flexibility index (Phi) is 2.75. The van der Waals surface area contributed by atoms with Crippen LogP contribution in [0.25, 0.3) is 0 Å². The van der Waals surface area contributed by atoms with Crippen LogP contribution in [0.5, 0.6) is 5.75 Å². The molecule has 12 heavy (non-hydrogen) atoms. The fraction of sp³-hybridized carbons (Fsp3) is 0.200. The molecule has 2 N–H and O–H groups in total. The molecule has 0 unspecified atom stereocenters. The summed E-state index contributed by atoms with van der Waals surface area (Å²) in [5, 5.41) is 17.8. The van der Waals surface area contributed by atoms with Crippen LogP contribution in [-0.4, -0.2) is 10.2 Å². The zero-order valence-electron chi connectivity index (χ0n) is 6.99. The molecule has 0 bridgehead atoms. The van der Waals surface area contributed by atoms with Gasteiger partial charge in [0.2, 0.25) is 0 Å². The van der Waals surface area contributed by atoms with Crippen LogP contribution >= 0.6 is 0 Å². The second kappa shape index (κ2) is 3.81. The monoisotopic (exact) mass is 164 g/mol. The van der Waals surface area contributed by atoms with E-state index in [9.17, 15) is 5.11 Å². The number of rotatable bonds is 2. The van der Waals surface area contributed by atoms with Crippen molar-refractivity contribution in [2.75, 3.05) is 0 Å². The highest BCUT2D eigenvalue weighted by Gasteiger charge is 1.99. The maximum atomic E-state index is 9.31. The van der Waals surface area contributed by atoms with Gasteiger partial charge in [0, 0.05) is 0 Å². The van der Waals surface area contributed by atoms with Crippen LogP contribution in [0.3, 0.4) is 0 Å². The summed E-state index contributed by atoms with van der Waals surface area (Å²) < 4.78 is 0. The maximum absolute atomic E-state index is 9.31. The molecule has 0 fully saturated rings. The number of aromatic hydroxyl groups is 1. The summed E-state index contributed by atoms with van der Waals surface area (Å²) in [5.74, 6) is 0.304. The van der Waals surface area contributed by atoms with Crippen LogP contribution in [0, 0.1) is 6.92 Å². The van der Waals surface area contributed by atoms with E-state index in [-0.39, 0.29) is 0 Å². The molecule has 0 aliphatic heterocycles. The Bertz CT molecular complexity index is 290. The van der Waals surface area contributed by atoms with Crippen molar-refractivity contribution in [3.05, 3.63) is 41.7 Å². The Labute approximate surface area is 71.8 Å². The lowest BCUT2D eigenvalue weighted by Crippen LogP contribution is -1.86. The Morgan fingerprint density at radius 1 is 1.42 bits per heavy atom. The second-order valence-corrected chi connectivity index (χ2v) is 2.65. The lowest BCUT2D eigenvalue weighted by molar-refractivity contribution is 0.468. The van der Waals surface area contributed by atoms with E-state index in [1.54, 1.807) is 18.2 Å². The molecule has 1 rings (SSSR count). The summed E-state index contributed by atoms with van der Waals surface area (Å²) in [7, 11) is 0. The van der Waals surface area contributed by atoms with E-state index in [1.165, 1.54) is 0 Å². The lowest BCUT2D eigenvalue weighted by Gasteiger charge is -2.03. The number of phenolic OH excluding ortho intramolecular Hbond substituents is 1. The normalized spacial score (nSPS) is 10.8. The molecular formula is C10H12O2. The fourth-order valence-electron chi connectivity index (χ4n) is 1.07. The molecule has 1 aromatic carbocycles. The summed E-state index contributed by atoms with van der Waals surface area (Å²) in [5.41, 5.74) is 1.90. The van der Waals surface area contributed by atoms with Gasteiger partial charge in [-0.1, -0.05) is 12.1 Å². The minimum atomic E-state index is 0.304. The van der Waals surface area contributed by atoms with Gasteiger partial charge in [-0.05, 0) is 36.6 Å². The molecule has 0 heterocycles. The first-order valence-electron chi connectivity index (χ1n) is 3.82. The van der Waals surface area contributed by atoms with Gasteiger partial charge in [-0.25, -0.2) is 0 Å². The third-order valence-electron chi connectivity index (χ3n) is 1.86. The van der Waals surface area contributed by atoms with E-state index in [4.69, 9.17) is 5.11 Å². The molecule has 0 aromatic heterocycles. The highest BCUT2D eigenvalue weighted by atomic mass is 16.3. The van der Waals surface area contributed by atoms with Gasteiger partial charge in [0.25, 0.3) is 0 Å². The first kappa shape index (κ1) is 8.65. The Morgan fingerprint density at radius 3 is 2.83 bits per heavy atom. The number of hydrogen-bond acceptors (Lipinski definition) is 2. The highest BCUT2D eigenvalue weighted by Crippen LogP contribution is 2.19. The average Bonchev–Trinajstić information content (AvgIpc) is 2.08. The number of aliphatic hydroxyl groups is 1. The topological polar surface area (TPSA) is 40.5 Å². The van der Waals surface area contributed by atoms with Crippen LogP contribution < -0.4 is 0 Å². The molecule has 0 amide bonds. The summed E-state index contributed by atoms with van der Waals surface area (Å²) in [6.45, 7) is 1.86. The second-order valence-electron chi connectivity index (χ2n) is 2.65. The summed E-state index contributed by atoms with van der Waals surface area (Å²) in [4.78, 5) is 0. The molecule has 0 saturated heterocycles. The molecule has 64 valence electrons. The maximum Gasteiger partial charge on any atom is 0.118 e. The van der Waals surface area contributed by atoms with Crippen LogP contribution in [-0.2, 0) is 6.42 Å². The number of aliphatic hydroxyl groups excluding tert-OH is 1. The van der Waals surface area contributed by atoms with Crippen LogP contribution in [0.1, 0.15) is 11.1 Å². The van der Waals surface area contributed by atoms with Gasteiger partial charge in [0.15, 0.2) is 0 Å². The van der Waals surface area contributed by atoms with Crippen molar-refractivity contribution in [3.63, 3.8) is 0 Å². The average molecular weight is 164 g/mol. The van der Waals surface area contributed by atoms with Crippen LogP contribution in [0.2, 0.25) is 0 Å². The predicted octanol–water partition coefficient (Wildman–Crippen LogP) is 2.31. The number of phenols is 1. The summed E-state index contributed by atoms with van der Waals surface area (Å²) >= 11 is 0. The highest BCUT2D eigenvalue weighted by molar-refractivity contribution is 5.38. The van der Waals surface area contributed by atoms with Crippen molar-refractivity contribution in [1.82, 2.24) is 0 Å².